The van der Waals surface area contributed by atoms with Gasteiger partial charge in [-0.1, -0.05) is 31.6 Å². The van der Waals surface area contributed by atoms with Crippen LogP contribution in [0, 0.1) is 10.1 Å². The molecule has 0 fully saturated rings. The van der Waals surface area contributed by atoms with Crippen molar-refractivity contribution in [3.8, 4) is 0 Å². The molecule has 2 N–H and O–H groups in total. The molecular weight excluding hydrogens is 406 g/mol. The maximum Gasteiger partial charge on any atom is 0.269 e. The quantitative estimate of drug-likeness (QED) is 0.438. The Kier molecular flexibility index (Phi) is 7.54. The van der Waals surface area contributed by atoms with Gasteiger partial charge in [0, 0.05) is 31.0 Å². The maximum atomic E-state index is 12.2. The average Bonchev–Trinajstić information content (AvgIpc) is 3.10. The van der Waals surface area contributed by atoms with Gasteiger partial charge >= 0.3 is 0 Å². The van der Waals surface area contributed by atoms with Gasteiger partial charge < -0.3 is 5.32 Å². The van der Waals surface area contributed by atoms with Crippen LogP contribution >= 0.6 is 11.3 Å². The molecule has 0 aliphatic carbocycles. The van der Waals surface area contributed by atoms with Gasteiger partial charge in [-0.05, 0) is 18.6 Å². The number of nitro benzene ring substituents is 1. The number of rotatable bonds is 10. The third-order valence-electron chi connectivity index (χ3n) is 3.83. The van der Waals surface area contributed by atoms with Crippen LogP contribution in [0.5, 0.6) is 0 Å². The normalized spacial score (nSPS) is 12.5. The minimum Gasteiger partial charge on any atom is -0.300 e. The van der Waals surface area contributed by atoms with E-state index in [9.17, 15) is 23.3 Å². The van der Waals surface area contributed by atoms with E-state index in [1.807, 2.05) is 6.92 Å². The average molecular weight is 428 g/mol. The Morgan fingerprint density at radius 3 is 2.57 bits per heavy atom. The van der Waals surface area contributed by atoms with Crippen molar-refractivity contribution in [2.45, 2.75) is 43.9 Å². The minimum atomic E-state index is -3.86. The van der Waals surface area contributed by atoms with Gasteiger partial charge in [0.15, 0.2) is 0 Å². The van der Waals surface area contributed by atoms with E-state index in [-0.39, 0.29) is 29.5 Å². The molecule has 0 aliphatic rings. The van der Waals surface area contributed by atoms with Gasteiger partial charge in [0.2, 0.25) is 21.1 Å². The molecule has 1 aromatic carbocycles. The summed E-state index contributed by atoms with van der Waals surface area (Å²) in [6.07, 6.45) is 1.91. The first-order valence-electron chi connectivity index (χ1n) is 8.60. The van der Waals surface area contributed by atoms with Gasteiger partial charge in [0.1, 0.15) is 5.01 Å². The lowest BCUT2D eigenvalue weighted by Gasteiger charge is -2.06. The predicted molar refractivity (Wildman–Crippen MR) is 105 cm³/mol. The van der Waals surface area contributed by atoms with Crippen molar-refractivity contribution < 1.29 is 18.1 Å². The van der Waals surface area contributed by atoms with E-state index >= 15 is 0 Å². The fourth-order valence-corrected chi connectivity index (χ4v) is 4.23. The van der Waals surface area contributed by atoms with Crippen molar-refractivity contribution in [1.82, 2.24) is 14.9 Å². The van der Waals surface area contributed by atoms with E-state index in [1.54, 1.807) is 0 Å². The van der Waals surface area contributed by atoms with Crippen LogP contribution in [0.15, 0.2) is 29.2 Å². The van der Waals surface area contributed by atoms with Crippen LogP contribution in [0.4, 0.5) is 10.8 Å². The molecule has 152 valence electrons. The van der Waals surface area contributed by atoms with E-state index in [4.69, 9.17) is 0 Å². The van der Waals surface area contributed by atoms with Crippen molar-refractivity contribution in [1.29, 1.82) is 0 Å². The molecule has 2 aromatic rings. The lowest BCUT2D eigenvalue weighted by atomic mass is 10.1. The number of hydrogen-bond acceptors (Lipinski definition) is 8. The summed E-state index contributed by atoms with van der Waals surface area (Å²) in [4.78, 5) is 21.9. The maximum absolute atomic E-state index is 12.2. The summed E-state index contributed by atoms with van der Waals surface area (Å²) in [7, 11) is -3.86. The number of nitrogens with zero attached hydrogens (tertiary/aromatic N) is 3. The number of anilines is 1. The summed E-state index contributed by atoms with van der Waals surface area (Å²) in [5, 5.41) is 22.4. The summed E-state index contributed by atoms with van der Waals surface area (Å²) in [6.45, 7) is 4.00. The summed E-state index contributed by atoms with van der Waals surface area (Å²) < 4.78 is 26.6. The van der Waals surface area contributed by atoms with Crippen LogP contribution in [-0.2, 0) is 14.8 Å². The van der Waals surface area contributed by atoms with Crippen molar-refractivity contribution in [2.24, 2.45) is 0 Å². The summed E-state index contributed by atoms with van der Waals surface area (Å²) in [5.74, 6) is -0.126. The second-order valence-corrected chi connectivity index (χ2v) is 8.86. The Bertz CT molecular complexity index is 927. The zero-order chi connectivity index (χ0) is 20.7. The highest BCUT2D eigenvalue weighted by atomic mass is 32.2. The SMILES string of the molecule is CCCC(C)c1nnc(NC(=O)CCNS(=O)(=O)c2ccc([N+](=O)[O-])cc2)s1. The van der Waals surface area contributed by atoms with Crippen LogP contribution in [0.2, 0.25) is 0 Å². The number of sulfonamides is 1. The van der Waals surface area contributed by atoms with Gasteiger partial charge in [-0.2, -0.15) is 0 Å². The molecule has 1 unspecified atom stereocenters. The molecule has 1 aromatic heterocycles. The molecule has 0 saturated carbocycles. The lowest BCUT2D eigenvalue weighted by molar-refractivity contribution is -0.384. The molecule has 10 nitrogen and oxygen atoms in total. The zero-order valence-corrected chi connectivity index (χ0v) is 17.0. The highest BCUT2D eigenvalue weighted by molar-refractivity contribution is 7.89. The van der Waals surface area contributed by atoms with Crippen LogP contribution < -0.4 is 10.0 Å². The largest absolute Gasteiger partial charge is 0.300 e. The molecule has 1 amide bonds. The van der Waals surface area contributed by atoms with E-state index in [1.165, 1.54) is 11.3 Å². The van der Waals surface area contributed by atoms with Gasteiger partial charge in [0.25, 0.3) is 5.69 Å². The first-order chi connectivity index (χ1) is 13.2. The van der Waals surface area contributed by atoms with Gasteiger partial charge in [-0.25, -0.2) is 13.1 Å². The fourth-order valence-electron chi connectivity index (χ4n) is 2.35. The number of non-ortho nitro benzene ring substituents is 1. The van der Waals surface area contributed by atoms with Gasteiger partial charge in [0.05, 0.1) is 9.82 Å². The molecule has 0 saturated heterocycles. The molecule has 2 rings (SSSR count). The number of amides is 1. The number of aromatic nitrogens is 2. The molecule has 1 heterocycles. The van der Waals surface area contributed by atoms with Crippen LogP contribution in [0.1, 0.15) is 44.0 Å². The Hall–Kier alpha value is -2.44. The molecule has 0 radical (unpaired) electrons. The second kappa shape index (κ2) is 9.66. The number of hydrogen-bond donors (Lipinski definition) is 2. The second-order valence-electron chi connectivity index (χ2n) is 6.08. The van der Waals surface area contributed by atoms with Crippen molar-refractivity contribution >= 4 is 38.1 Å². The molecular formula is C16H21N5O5S2. The fraction of sp³-hybridized carbons (Fsp3) is 0.438. The van der Waals surface area contributed by atoms with Crippen LogP contribution in [0.25, 0.3) is 0 Å². The third-order valence-corrected chi connectivity index (χ3v) is 6.38. The van der Waals surface area contributed by atoms with E-state index in [0.717, 1.165) is 42.1 Å². The van der Waals surface area contributed by atoms with Crippen LogP contribution in [-0.4, -0.2) is 36.0 Å². The highest BCUT2D eigenvalue weighted by Crippen LogP contribution is 2.26. The number of nitro groups is 1. The Morgan fingerprint density at radius 1 is 1.29 bits per heavy atom. The van der Waals surface area contributed by atoms with Gasteiger partial charge in [-0.15, -0.1) is 10.2 Å². The van der Waals surface area contributed by atoms with Crippen molar-refractivity contribution in [2.75, 3.05) is 11.9 Å². The molecule has 12 heteroatoms. The summed E-state index contributed by atoms with van der Waals surface area (Å²) in [6, 6.07) is 4.49. The monoisotopic (exact) mass is 427 g/mol. The Morgan fingerprint density at radius 2 is 1.96 bits per heavy atom. The van der Waals surface area contributed by atoms with E-state index in [0.29, 0.717) is 5.13 Å². The number of carbonyl (C=O) groups is 1. The smallest absolute Gasteiger partial charge is 0.269 e. The Labute approximate surface area is 166 Å². The first-order valence-corrected chi connectivity index (χ1v) is 10.9. The van der Waals surface area contributed by atoms with Crippen molar-refractivity contribution in [3.63, 3.8) is 0 Å². The minimum absolute atomic E-state index is 0.0916. The zero-order valence-electron chi connectivity index (χ0n) is 15.4. The van der Waals surface area contributed by atoms with Crippen molar-refractivity contribution in [3.05, 3.63) is 39.4 Å². The number of benzene rings is 1. The van der Waals surface area contributed by atoms with E-state index < -0.39 is 20.9 Å². The number of carbonyl (C=O) groups excluding carboxylic acids is 1. The van der Waals surface area contributed by atoms with Crippen LogP contribution in [0.3, 0.4) is 0 Å². The standard InChI is InChI=1S/C16H21N5O5S2/c1-3-4-11(2)15-19-20-16(27-15)18-14(22)9-10-17-28(25,26)13-7-5-12(6-8-13)21(23)24/h5-8,11,17H,3-4,9-10H2,1-2H3,(H,18,20,22). The number of nitrogens with one attached hydrogen (secondary N) is 2. The molecule has 0 aliphatic heterocycles. The topological polar surface area (TPSA) is 144 Å². The molecule has 1 atom stereocenters. The summed E-state index contributed by atoms with van der Waals surface area (Å²) in [5.41, 5.74) is -0.206. The molecule has 28 heavy (non-hydrogen) atoms. The molecule has 0 spiro atoms. The molecule has 0 bridgehead atoms. The van der Waals surface area contributed by atoms with E-state index in [2.05, 4.69) is 27.2 Å². The lowest BCUT2D eigenvalue weighted by Crippen LogP contribution is -2.27. The highest BCUT2D eigenvalue weighted by Gasteiger charge is 2.17. The predicted octanol–water partition coefficient (Wildman–Crippen LogP) is 2.66. The Balaban J connectivity index is 1.85. The third kappa shape index (κ3) is 6.04. The first kappa shape index (κ1) is 21.9. The van der Waals surface area contributed by atoms with Gasteiger partial charge in [-0.3, -0.25) is 14.9 Å². The summed E-state index contributed by atoms with van der Waals surface area (Å²) >= 11 is 1.30.